The van der Waals surface area contributed by atoms with Gasteiger partial charge in [-0.3, -0.25) is 25.2 Å². The fraction of sp³-hybridized carbons (Fsp3) is 0.0435. The zero-order valence-corrected chi connectivity index (χ0v) is 18.7. The molecule has 0 radical (unpaired) electrons. The Kier molecular flexibility index (Phi) is 6.34. The molecule has 4 rings (SSSR count). The van der Waals surface area contributed by atoms with Crippen LogP contribution in [0.2, 0.25) is 5.02 Å². The number of hydrogen-bond acceptors (Lipinski definition) is 4. The van der Waals surface area contributed by atoms with Crippen LogP contribution in [0.1, 0.15) is 15.9 Å². The third-order valence-corrected chi connectivity index (χ3v) is 6.44. The molecule has 0 unspecified atom stereocenters. The van der Waals surface area contributed by atoms with Crippen LogP contribution < -0.4 is 15.6 Å². The van der Waals surface area contributed by atoms with Crippen molar-refractivity contribution in [2.75, 3.05) is 4.72 Å². The summed E-state index contributed by atoms with van der Waals surface area (Å²) in [5, 5.41) is 1.30. The number of hydrazine groups is 1. The van der Waals surface area contributed by atoms with Crippen molar-refractivity contribution in [3.63, 3.8) is 0 Å². The van der Waals surface area contributed by atoms with Crippen molar-refractivity contribution in [1.82, 2.24) is 15.8 Å². The van der Waals surface area contributed by atoms with E-state index in [0.29, 0.717) is 10.7 Å². The highest BCUT2D eigenvalue weighted by Crippen LogP contribution is 2.20. The molecule has 168 valence electrons. The summed E-state index contributed by atoms with van der Waals surface area (Å²) < 4.78 is 27.8. The molecular weight excluding hydrogens is 464 g/mol. The number of fused-ring (bicyclic) bond motifs is 1. The third kappa shape index (κ3) is 5.33. The Labute approximate surface area is 195 Å². The first-order chi connectivity index (χ1) is 15.8. The second-order valence-electron chi connectivity index (χ2n) is 7.18. The van der Waals surface area contributed by atoms with Crippen LogP contribution in [0.3, 0.4) is 0 Å². The van der Waals surface area contributed by atoms with Crippen LogP contribution in [-0.4, -0.2) is 25.2 Å². The summed E-state index contributed by atoms with van der Waals surface area (Å²) >= 11 is 5.90. The maximum absolute atomic E-state index is 12.7. The van der Waals surface area contributed by atoms with Crippen molar-refractivity contribution in [2.45, 2.75) is 11.3 Å². The molecule has 0 fully saturated rings. The molecule has 2 amide bonds. The molecular formula is C23H19ClN4O4S. The molecule has 3 aromatic carbocycles. The number of H-pyrrole nitrogens is 1. The Bertz CT molecular complexity index is 1450. The molecule has 1 heterocycles. The van der Waals surface area contributed by atoms with E-state index in [9.17, 15) is 18.0 Å². The van der Waals surface area contributed by atoms with Gasteiger partial charge in [0.1, 0.15) is 0 Å². The van der Waals surface area contributed by atoms with Gasteiger partial charge in [-0.2, -0.15) is 0 Å². The number of halogens is 1. The molecule has 0 aliphatic rings. The van der Waals surface area contributed by atoms with Crippen molar-refractivity contribution in [3.05, 3.63) is 95.1 Å². The summed E-state index contributed by atoms with van der Waals surface area (Å²) in [6, 6.07) is 19.3. The summed E-state index contributed by atoms with van der Waals surface area (Å²) in [4.78, 5) is 27.7. The second kappa shape index (κ2) is 9.35. The maximum Gasteiger partial charge on any atom is 0.269 e. The van der Waals surface area contributed by atoms with Crippen LogP contribution in [0.4, 0.5) is 5.69 Å². The lowest BCUT2D eigenvalue weighted by atomic mass is 10.1. The van der Waals surface area contributed by atoms with Crippen LogP contribution in [0, 0.1) is 0 Å². The third-order valence-electron chi connectivity index (χ3n) is 4.82. The molecule has 0 saturated heterocycles. The van der Waals surface area contributed by atoms with Gasteiger partial charge in [0.05, 0.1) is 17.0 Å². The van der Waals surface area contributed by atoms with Crippen LogP contribution in [0.5, 0.6) is 0 Å². The molecule has 0 saturated carbocycles. The van der Waals surface area contributed by atoms with Crippen molar-refractivity contribution in [3.8, 4) is 0 Å². The Hall–Kier alpha value is -3.82. The average molecular weight is 483 g/mol. The van der Waals surface area contributed by atoms with E-state index < -0.39 is 21.8 Å². The predicted octanol–water partition coefficient (Wildman–Crippen LogP) is 3.63. The number of rotatable bonds is 6. The van der Waals surface area contributed by atoms with Gasteiger partial charge >= 0.3 is 0 Å². The molecule has 0 atom stereocenters. The number of para-hydroxylation sites is 1. The van der Waals surface area contributed by atoms with Crippen LogP contribution in [0.15, 0.2) is 83.9 Å². The summed E-state index contributed by atoms with van der Waals surface area (Å²) in [6.45, 7) is 0. The molecule has 0 aliphatic carbocycles. The van der Waals surface area contributed by atoms with Gasteiger partial charge in [0, 0.05) is 27.7 Å². The minimum absolute atomic E-state index is 0.0578. The largest absolute Gasteiger partial charge is 0.361 e. The standard InChI is InChI=1S/C23H19ClN4O4S/c24-17-6-4-7-18(13-17)28-33(31,32)19-8-3-5-15(11-19)23(30)27-26-22(29)12-16-14-25-21-10-2-1-9-20(16)21/h1-11,13-14,25,28H,12H2,(H,26,29)(H,27,30). The Balaban J connectivity index is 1.40. The van der Waals surface area contributed by atoms with Gasteiger partial charge in [-0.1, -0.05) is 41.9 Å². The molecule has 0 bridgehead atoms. The van der Waals surface area contributed by atoms with Gasteiger partial charge in [0.2, 0.25) is 5.91 Å². The maximum atomic E-state index is 12.7. The smallest absolute Gasteiger partial charge is 0.269 e. The fourth-order valence-corrected chi connectivity index (χ4v) is 4.55. The van der Waals surface area contributed by atoms with Crippen LogP contribution >= 0.6 is 11.6 Å². The molecule has 8 nitrogen and oxygen atoms in total. The molecule has 4 aromatic rings. The highest BCUT2D eigenvalue weighted by Gasteiger charge is 2.17. The van der Waals surface area contributed by atoms with E-state index in [4.69, 9.17) is 11.6 Å². The monoisotopic (exact) mass is 482 g/mol. The summed E-state index contributed by atoms with van der Waals surface area (Å²) in [5.41, 5.74) is 6.73. The average Bonchev–Trinajstić information content (AvgIpc) is 3.20. The second-order valence-corrected chi connectivity index (χ2v) is 9.30. The molecule has 0 aliphatic heterocycles. The molecule has 33 heavy (non-hydrogen) atoms. The van der Waals surface area contributed by atoms with Gasteiger partial charge in [-0.15, -0.1) is 0 Å². The lowest BCUT2D eigenvalue weighted by molar-refractivity contribution is -0.121. The topological polar surface area (TPSA) is 120 Å². The first-order valence-corrected chi connectivity index (χ1v) is 11.7. The quantitative estimate of drug-likeness (QED) is 0.314. The first-order valence-electron chi connectivity index (χ1n) is 9.84. The lowest BCUT2D eigenvalue weighted by Gasteiger charge is -2.10. The van der Waals surface area contributed by atoms with Gasteiger partial charge in [-0.25, -0.2) is 8.42 Å². The number of nitrogens with one attached hydrogen (secondary N) is 4. The summed E-state index contributed by atoms with van der Waals surface area (Å²) in [6.07, 6.45) is 1.80. The minimum atomic E-state index is -3.95. The van der Waals surface area contributed by atoms with Gasteiger partial charge in [0.15, 0.2) is 0 Å². The molecule has 1 aromatic heterocycles. The molecule has 4 N–H and O–H groups in total. The van der Waals surface area contributed by atoms with E-state index >= 15 is 0 Å². The normalized spacial score (nSPS) is 11.2. The first kappa shape index (κ1) is 22.4. The highest BCUT2D eigenvalue weighted by atomic mass is 35.5. The Morgan fingerprint density at radius 2 is 1.70 bits per heavy atom. The highest BCUT2D eigenvalue weighted by molar-refractivity contribution is 7.92. The van der Waals surface area contributed by atoms with Gasteiger partial charge < -0.3 is 4.98 Å². The number of aromatic amines is 1. The number of benzene rings is 3. The Morgan fingerprint density at radius 1 is 0.909 bits per heavy atom. The van der Waals surface area contributed by atoms with E-state index in [0.717, 1.165) is 16.5 Å². The van der Waals surface area contributed by atoms with Crippen LogP contribution in [-0.2, 0) is 21.2 Å². The van der Waals surface area contributed by atoms with E-state index in [1.165, 1.54) is 30.3 Å². The minimum Gasteiger partial charge on any atom is -0.361 e. The van der Waals surface area contributed by atoms with Crippen molar-refractivity contribution in [2.24, 2.45) is 0 Å². The van der Waals surface area contributed by atoms with Gasteiger partial charge in [-0.05, 0) is 48.0 Å². The fourth-order valence-electron chi connectivity index (χ4n) is 3.26. The van der Waals surface area contributed by atoms with Crippen LogP contribution in [0.25, 0.3) is 10.9 Å². The number of aromatic nitrogens is 1. The van der Waals surface area contributed by atoms with E-state index in [2.05, 4.69) is 20.6 Å². The zero-order chi connectivity index (χ0) is 23.4. The summed E-state index contributed by atoms with van der Waals surface area (Å²) in [7, 11) is -3.95. The van der Waals surface area contributed by atoms with E-state index in [1.54, 1.807) is 24.4 Å². The van der Waals surface area contributed by atoms with Gasteiger partial charge in [0.25, 0.3) is 15.9 Å². The van der Waals surface area contributed by atoms with Crippen molar-refractivity contribution < 1.29 is 18.0 Å². The molecule has 10 heteroatoms. The SMILES string of the molecule is O=C(Cc1c[nH]c2ccccc12)NNC(=O)c1cccc(S(=O)(=O)Nc2cccc(Cl)c2)c1. The van der Waals surface area contributed by atoms with Crippen molar-refractivity contribution >= 4 is 50.0 Å². The molecule has 0 spiro atoms. The zero-order valence-electron chi connectivity index (χ0n) is 17.1. The van der Waals surface area contributed by atoms with E-state index in [1.807, 2.05) is 24.3 Å². The van der Waals surface area contributed by atoms with E-state index in [-0.39, 0.29) is 16.9 Å². The summed E-state index contributed by atoms with van der Waals surface area (Å²) in [5.74, 6) is -1.07. The lowest BCUT2D eigenvalue weighted by Crippen LogP contribution is -2.42. The number of sulfonamides is 1. The number of carbonyl (C=O) groups is 2. The predicted molar refractivity (Wildman–Crippen MR) is 126 cm³/mol. The number of hydrogen-bond donors (Lipinski definition) is 4. The van der Waals surface area contributed by atoms with Crippen molar-refractivity contribution in [1.29, 1.82) is 0 Å². The number of amides is 2. The number of carbonyl (C=O) groups excluding carboxylic acids is 2. The number of anilines is 1. The Morgan fingerprint density at radius 3 is 2.52 bits per heavy atom.